The Morgan fingerprint density at radius 2 is 1.95 bits per heavy atom. The molecule has 3 heteroatoms. The van der Waals surface area contributed by atoms with Crippen LogP contribution in [-0.4, -0.2) is 20.3 Å². The summed E-state index contributed by atoms with van der Waals surface area (Å²) in [6.45, 7) is 4.63. The van der Waals surface area contributed by atoms with E-state index in [0.29, 0.717) is 0 Å². The Kier molecular flexibility index (Phi) is 5.04. The number of furan rings is 1. The summed E-state index contributed by atoms with van der Waals surface area (Å²) >= 11 is 0. The molecule has 0 unspecified atom stereocenters. The first-order valence-electron chi connectivity index (χ1n) is 6.62. The number of rotatable bonds is 7. The molecule has 0 saturated carbocycles. The van der Waals surface area contributed by atoms with Crippen molar-refractivity contribution in [3.8, 4) is 0 Å². The highest BCUT2D eigenvalue weighted by molar-refractivity contribution is 5.47. The zero-order valence-corrected chi connectivity index (χ0v) is 11.6. The van der Waals surface area contributed by atoms with E-state index >= 15 is 0 Å². The van der Waals surface area contributed by atoms with Crippen molar-refractivity contribution in [3.05, 3.63) is 54.0 Å². The predicted molar refractivity (Wildman–Crippen MR) is 77.4 cm³/mol. The first-order chi connectivity index (χ1) is 9.29. The maximum absolute atomic E-state index is 5.44. The first-order valence-corrected chi connectivity index (χ1v) is 6.62. The van der Waals surface area contributed by atoms with Crippen LogP contribution in [0.15, 0.2) is 47.1 Å². The maximum Gasteiger partial charge on any atom is 0.123 e. The molecule has 1 aromatic carbocycles. The van der Waals surface area contributed by atoms with Crippen LogP contribution in [0, 0.1) is 6.92 Å². The molecule has 0 aliphatic rings. The number of benzene rings is 1. The molecular weight excluding hydrogens is 238 g/mol. The van der Waals surface area contributed by atoms with Crippen molar-refractivity contribution in [3.63, 3.8) is 0 Å². The molecule has 2 aromatic rings. The highest BCUT2D eigenvalue weighted by Crippen LogP contribution is 2.18. The molecule has 2 rings (SSSR count). The van der Waals surface area contributed by atoms with Gasteiger partial charge in [0.1, 0.15) is 5.76 Å². The molecule has 0 aliphatic carbocycles. The van der Waals surface area contributed by atoms with Crippen molar-refractivity contribution in [2.24, 2.45) is 0 Å². The second-order valence-corrected chi connectivity index (χ2v) is 4.68. The fourth-order valence-electron chi connectivity index (χ4n) is 2.05. The lowest BCUT2D eigenvalue weighted by Crippen LogP contribution is -2.24. The number of anilines is 1. The average Bonchev–Trinajstić information content (AvgIpc) is 2.92. The van der Waals surface area contributed by atoms with Gasteiger partial charge in [-0.2, -0.15) is 0 Å². The molecule has 0 fully saturated rings. The summed E-state index contributed by atoms with van der Waals surface area (Å²) in [4.78, 5) is 2.32. The lowest BCUT2D eigenvalue weighted by molar-refractivity contribution is 0.196. The third-order valence-corrected chi connectivity index (χ3v) is 3.10. The number of hydrogen-bond acceptors (Lipinski definition) is 3. The Morgan fingerprint density at radius 3 is 2.58 bits per heavy atom. The highest BCUT2D eigenvalue weighted by atomic mass is 16.5. The van der Waals surface area contributed by atoms with Crippen LogP contribution in [0.2, 0.25) is 0 Å². The van der Waals surface area contributed by atoms with Crippen LogP contribution in [0.3, 0.4) is 0 Å². The number of ether oxygens (including phenoxy) is 1. The van der Waals surface area contributed by atoms with Crippen LogP contribution >= 0.6 is 0 Å². The highest BCUT2D eigenvalue weighted by Gasteiger charge is 2.08. The van der Waals surface area contributed by atoms with E-state index in [9.17, 15) is 0 Å². The first kappa shape index (κ1) is 13.7. The molecule has 1 aromatic heterocycles. The second kappa shape index (κ2) is 7.00. The predicted octanol–water partition coefficient (Wildman–Crippen LogP) is 3.63. The molecular formula is C16H21NO2. The molecule has 0 saturated heterocycles. The molecule has 0 spiro atoms. The Hall–Kier alpha value is -1.74. The smallest absolute Gasteiger partial charge is 0.123 e. The summed E-state index contributed by atoms with van der Waals surface area (Å²) in [7, 11) is 1.74. The van der Waals surface area contributed by atoms with Crippen molar-refractivity contribution in [2.75, 3.05) is 25.2 Å². The van der Waals surface area contributed by atoms with Crippen LogP contribution in [0.1, 0.15) is 17.7 Å². The van der Waals surface area contributed by atoms with E-state index in [-0.39, 0.29) is 0 Å². The maximum atomic E-state index is 5.44. The summed E-state index contributed by atoms with van der Waals surface area (Å²) in [6.07, 6.45) is 2.73. The summed E-state index contributed by atoms with van der Waals surface area (Å²) in [6, 6.07) is 12.5. The summed E-state index contributed by atoms with van der Waals surface area (Å²) < 4.78 is 10.6. The van der Waals surface area contributed by atoms with Crippen molar-refractivity contribution in [1.82, 2.24) is 0 Å². The summed E-state index contributed by atoms with van der Waals surface area (Å²) in [5.41, 5.74) is 2.50. The van der Waals surface area contributed by atoms with Crippen LogP contribution in [-0.2, 0) is 11.3 Å². The fraction of sp³-hybridized carbons (Fsp3) is 0.375. The van der Waals surface area contributed by atoms with Crippen molar-refractivity contribution in [2.45, 2.75) is 19.9 Å². The van der Waals surface area contributed by atoms with E-state index in [0.717, 1.165) is 31.9 Å². The second-order valence-electron chi connectivity index (χ2n) is 4.68. The van der Waals surface area contributed by atoms with Gasteiger partial charge in [0.2, 0.25) is 0 Å². The lowest BCUT2D eigenvalue weighted by atomic mass is 10.2. The van der Waals surface area contributed by atoms with E-state index in [2.05, 4.69) is 36.1 Å². The number of nitrogens with zero attached hydrogens (tertiary/aromatic N) is 1. The topological polar surface area (TPSA) is 25.6 Å². The quantitative estimate of drug-likeness (QED) is 0.710. The summed E-state index contributed by atoms with van der Waals surface area (Å²) in [5.74, 6) is 0.984. The molecule has 1 heterocycles. The zero-order valence-electron chi connectivity index (χ0n) is 11.6. The zero-order chi connectivity index (χ0) is 13.5. The fourth-order valence-corrected chi connectivity index (χ4v) is 2.05. The molecule has 0 aliphatic heterocycles. The van der Waals surface area contributed by atoms with Crippen molar-refractivity contribution >= 4 is 5.69 Å². The van der Waals surface area contributed by atoms with Crippen molar-refractivity contribution < 1.29 is 9.15 Å². The molecule has 0 amide bonds. The lowest BCUT2D eigenvalue weighted by Gasteiger charge is -2.24. The van der Waals surface area contributed by atoms with Crippen LogP contribution in [0.5, 0.6) is 0 Å². The number of hydrogen-bond donors (Lipinski definition) is 0. The third-order valence-electron chi connectivity index (χ3n) is 3.10. The molecule has 3 nitrogen and oxygen atoms in total. The third kappa shape index (κ3) is 4.14. The average molecular weight is 259 g/mol. The van der Waals surface area contributed by atoms with Gasteiger partial charge in [-0.15, -0.1) is 0 Å². The standard InChI is InChI=1S/C16H21NO2/c1-14-6-8-15(9-7-14)17(10-4-11-18-2)13-16-5-3-12-19-16/h3,5-9,12H,4,10-11,13H2,1-2H3. The number of methoxy groups -OCH3 is 1. The van der Waals surface area contributed by atoms with Gasteiger partial charge in [0.25, 0.3) is 0 Å². The van der Waals surface area contributed by atoms with E-state index < -0.39 is 0 Å². The van der Waals surface area contributed by atoms with Gasteiger partial charge in [0.05, 0.1) is 12.8 Å². The minimum atomic E-state index is 0.778. The molecule has 102 valence electrons. The van der Waals surface area contributed by atoms with Crippen LogP contribution in [0.25, 0.3) is 0 Å². The molecule has 0 bridgehead atoms. The Bertz CT molecular complexity index is 462. The molecule has 19 heavy (non-hydrogen) atoms. The van der Waals surface area contributed by atoms with E-state index in [1.807, 2.05) is 12.1 Å². The number of aryl methyl sites for hydroxylation is 1. The van der Waals surface area contributed by atoms with Gasteiger partial charge in [-0.3, -0.25) is 0 Å². The minimum absolute atomic E-state index is 0.778. The van der Waals surface area contributed by atoms with E-state index in [1.54, 1.807) is 13.4 Å². The Labute approximate surface area is 114 Å². The van der Waals surface area contributed by atoms with E-state index in [1.165, 1.54) is 11.3 Å². The largest absolute Gasteiger partial charge is 0.467 e. The van der Waals surface area contributed by atoms with Gasteiger partial charge < -0.3 is 14.1 Å². The van der Waals surface area contributed by atoms with Crippen LogP contribution < -0.4 is 4.90 Å². The van der Waals surface area contributed by atoms with Gasteiger partial charge in [-0.25, -0.2) is 0 Å². The Morgan fingerprint density at radius 1 is 1.16 bits per heavy atom. The van der Waals surface area contributed by atoms with Gasteiger partial charge in [-0.05, 0) is 37.6 Å². The van der Waals surface area contributed by atoms with Gasteiger partial charge >= 0.3 is 0 Å². The molecule has 0 atom stereocenters. The SMILES string of the molecule is COCCCN(Cc1ccco1)c1ccc(C)cc1. The minimum Gasteiger partial charge on any atom is -0.467 e. The van der Waals surface area contributed by atoms with Gasteiger partial charge in [-0.1, -0.05) is 17.7 Å². The summed E-state index contributed by atoms with van der Waals surface area (Å²) in [5, 5.41) is 0. The van der Waals surface area contributed by atoms with Gasteiger partial charge in [0, 0.05) is 25.9 Å². The monoisotopic (exact) mass is 259 g/mol. The van der Waals surface area contributed by atoms with Crippen LogP contribution in [0.4, 0.5) is 5.69 Å². The van der Waals surface area contributed by atoms with Crippen molar-refractivity contribution in [1.29, 1.82) is 0 Å². The normalized spacial score (nSPS) is 10.6. The Balaban J connectivity index is 2.06. The van der Waals surface area contributed by atoms with Gasteiger partial charge in [0.15, 0.2) is 0 Å². The molecule has 0 radical (unpaired) electrons. The molecule has 0 N–H and O–H groups in total. The van der Waals surface area contributed by atoms with E-state index in [4.69, 9.17) is 9.15 Å².